The zero-order valence-corrected chi connectivity index (χ0v) is 13.4. The van der Waals surface area contributed by atoms with Gasteiger partial charge in [0.15, 0.2) is 11.6 Å². The third-order valence-corrected chi connectivity index (χ3v) is 5.39. The van der Waals surface area contributed by atoms with Gasteiger partial charge in [-0.15, -0.1) is 0 Å². The number of likely N-dealkylation sites (tertiary alicyclic amines) is 1. The molecule has 0 saturated carbocycles. The summed E-state index contributed by atoms with van der Waals surface area (Å²) in [6.07, 6.45) is 4.27. The molecule has 1 spiro atoms. The van der Waals surface area contributed by atoms with Gasteiger partial charge in [0.1, 0.15) is 6.10 Å². The zero-order valence-electron chi connectivity index (χ0n) is 13.4. The predicted octanol–water partition coefficient (Wildman–Crippen LogP) is 2.62. The van der Waals surface area contributed by atoms with Gasteiger partial charge < -0.3 is 14.2 Å². The van der Waals surface area contributed by atoms with Crippen molar-refractivity contribution in [2.24, 2.45) is 0 Å². The molecule has 0 aromatic heterocycles. The first kappa shape index (κ1) is 15.4. The van der Waals surface area contributed by atoms with E-state index in [0.717, 1.165) is 58.6 Å². The number of para-hydroxylation sites is 1. The zero-order chi connectivity index (χ0) is 15.7. The average Bonchev–Trinajstić information content (AvgIpc) is 2.53. The van der Waals surface area contributed by atoms with Crippen LogP contribution in [0.5, 0.6) is 5.75 Å². The first-order valence-corrected chi connectivity index (χ1v) is 8.61. The lowest BCUT2D eigenvalue weighted by Gasteiger charge is -2.50. The molecule has 3 aliphatic heterocycles. The number of hydrogen-bond donors (Lipinski definition) is 0. The highest BCUT2D eigenvalue weighted by Crippen LogP contribution is 2.37. The highest BCUT2D eigenvalue weighted by Gasteiger charge is 2.43. The Balaban J connectivity index is 1.30. The topological polar surface area (TPSA) is 30.9 Å². The van der Waals surface area contributed by atoms with Crippen LogP contribution < -0.4 is 4.74 Å². The molecule has 3 saturated heterocycles. The number of halogens is 1. The molecule has 5 heteroatoms. The van der Waals surface area contributed by atoms with E-state index >= 15 is 0 Å². The molecule has 0 aliphatic carbocycles. The maximum Gasteiger partial charge on any atom is 0.165 e. The van der Waals surface area contributed by atoms with Crippen molar-refractivity contribution in [1.82, 2.24) is 4.90 Å². The summed E-state index contributed by atoms with van der Waals surface area (Å²) >= 11 is 0. The molecule has 126 valence electrons. The predicted molar refractivity (Wildman–Crippen MR) is 84.1 cm³/mol. The van der Waals surface area contributed by atoms with E-state index in [0.29, 0.717) is 11.8 Å². The van der Waals surface area contributed by atoms with Crippen LogP contribution in [0.3, 0.4) is 0 Å². The Labute approximate surface area is 136 Å². The van der Waals surface area contributed by atoms with E-state index in [2.05, 4.69) is 4.90 Å². The van der Waals surface area contributed by atoms with Crippen molar-refractivity contribution in [3.05, 3.63) is 30.1 Å². The van der Waals surface area contributed by atoms with Gasteiger partial charge in [0, 0.05) is 39.0 Å². The summed E-state index contributed by atoms with van der Waals surface area (Å²) in [7, 11) is 0. The van der Waals surface area contributed by atoms with Crippen molar-refractivity contribution in [2.45, 2.75) is 43.4 Å². The minimum atomic E-state index is -0.279. The molecule has 1 aromatic rings. The quantitative estimate of drug-likeness (QED) is 0.856. The molecule has 1 atom stereocenters. The van der Waals surface area contributed by atoms with Crippen LogP contribution in [0.15, 0.2) is 24.3 Å². The van der Waals surface area contributed by atoms with Crippen molar-refractivity contribution < 1.29 is 18.6 Å². The van der Waals surface area contributed by atoms with Gasteiger partial charge in [0.25, 0.3) is 0 Å². The van der Waals surface area contributed by atoms with Crippen LogP contribution in [0.2, 0.25) is 0 Å². The second-order valence-electron chi connectivity index (χ2n) is 6.91. The molecular formula is C18H24FNO3. The van der Waals surface area contributed by atoms with Crippen LogP contribution in [0.1, 0.15) is 25.7 Å². The Morgan fingerprint density at radius 2 is 1.91 bits per heavy atom. The molecule has 3 fully saturated rings. The van der Waals surface area contributed by atoms with Gasteiger partial charge in [-0.25, -0.2) is 4.39 Å². The highest BCUT2D eigenvalue weighted by molar-refractivity contribution is 5.24. The maximum atomic E-state index is 13.6. The van der Waals surface area contributed by atoms with Crippen LogP contribution >= 0.6 is 0 Å². The van der Waals surface area contributed by atoms with E-state index in [1.54, 1.807) is 12.1 Å². The lowest BCUT2D eigenvalue weighted by Crippen LogP contribution is -2.61. The van der Waals surface area contributed by atoms with Crippen molar-refractivity contribution in [2.75, 3.05) is 32.9 Å². The Kier molecular flexibility index (Phi) is 4.26. The van der Waals surface area contributed by atoms with E-state index in [4.69, 9.17) is 14.2 Å². The largest absolute Gasteiger partial charge is 0.485 e. The van der Waals surface area contributed by atoms with Crippen molar-refractivity contribution in [3.8, 4) is 5.75 Å². The number of rotatable bonds is 3. The third-order valence-electron chi connectivity index (χ3n) is 5.39. The standard InChI is InChI=1S/C18H24FNO3/c19-16-3-1-2-4-17(16)23-15-12-20(13-15)14-5-8-22-18(11-14)6-9-21-10-7-18/h1-4,14-15H,5-13H2/t14-/m0/s1. The molecule has 4 nitrogen and oxygen atoms in total. The molecule has 0 amide bonds. The normalized spacial score (nSPS) is 28.5. The van der Waals surface area contributed by atoms with Gasteiger partial charge in [-0.1, -0.05) is 12.1 Å². The van der Waals surface area contributed by atoms with E-state index in [1.807, 2.05) is 6.07 Å². The summed E-state index contributed by atoms with van der Waals surface area (Å²) in [5.41, 5.74) is 0.0264. The summed E-state index contributed by atoms with van der Waals surface area (Å²) in [5, 5.41) is 0. The lowest BCUT2D eigenvalue weighted by atomic mass is 9.82. The average molecular weight is 321 g/mol. The lowest BCUT2D eigenvalue weighted by molar-refractivity contribution is -0.162. The van der Waals surface area contributed by atoms with Gasteiger partial charge in [-0.05, 0) is 37.8 Å². The Morgan fingerprint density at radius 3 is 2.70 bits per heavy atom. The van der Waals surface area contributed by atoms with Gasteiger partial charge in [0.2, 0.25) is 0 Å². The molecule has 0 radical (unpaired) electrons. The molecule has 4 rings (SSSR count). The molecule has 3 heterocycles. The smallest absolute Gasteiger partial charge is 0.165 e. The number of hydrogen-bond acceptors (Lipinski definition) is 4. The maximum absolute atomic E-state index is 13.6. The van der Waals surface area contributed by atoms with E-state index in [1.165, 1.54) is 6.07 Å². The van der Waals surface area contributed by atoms with Gasteiger partial charge in [-0.3, -0.25) is 4.90 Å². The molecule has 1 aromatic carbocycles. The van der Waals surface area contributed by atoms with Crippen LogP contribution in [-0.4, -0.2) is 55.6 Å². The second kappa shape index (κ2) is 6.38. The molecule has 23 heavy (non-hydrogen) atoms. The number of ether oxygens (including phenoxy) is 3. The van der Waals surface area contributed by atoms with Crippen molar-refractivity contribution in [1.29, 1.82) is 0 Å². The fourth-order valence-electron chi connectivity index (χ4n) is 3.97. The summed E-state index contributed by atoms with van der Waals surface area (Å²) in [4.78, 5) is 2.46. The van der Waals surface area contributed by atoms with Crippen molar-refractivity contribution in [3.63, 3.8) is 0 Å². The van der Waals surface area contributed by atoms with Crippen LogP contribution in [0.4, 0.5) is 4.39 Å². The van der Waals surface area contributed by atoms with E-state index in [9.17, 15) is 4.39 Å². The van der Waals surface area contributed by atoms with Gasteiger partial charge in [-0.2, -0.15) is 0 Å². The first-order valence-electron chi connectivity index (χ1n) is 8.61. The molecule has 0 unspecified atom stereocenters. The fourth-order valence-corrected chi connectivity index (χ4v) is 3.97. The highest BCUT2D eigenvalue weighted by atomic mass is 19.1. The molecule has 3 aliphatic rings. The summed E-state index contributed by atoms with van der Waals surface area (Å²) < 4.78 is 31.0. The first-order chi connectivity index (χ1) is 11.2. The molecular weight excluding hydrogens is 297 g/mol. The monoisotopic (exact) mass is 321 g/mol. The fraction of sp³-hybridized carbons (Fsp3) is 0.667. The Bertz CT molecular complexity index is 535. The third kappa shape index (κ3) is 3.23. The van der Waals surface area contributed by atoms with E-state index < -0.39 is 0 Å². The summed E-state index contributed by atoms with van der Waals surface area (Å²) in [6.45, 7) is 4.22. The second-order valence-corrected chi connectivity index (χ2v) is 6.91. The Morgan fingerprint density at radius 1 is 1.13 bits per heavy atom. The van der Waals surface area contributed by atoms with Crippen LogP contribution in [-0.2, 0) is 9.47 Å². The summed E-state index contributed by atoms with van der Waals surface area (Å²) in [6, 6.07) is 7.19. The minimum absolute atomic E-state index is 0.0264. The van der Waals surface area contributed by atoms with Crippen molar-refractivity contribution >= 4 is 0 Å². The van der Waals surface area contributed by atoms with Gasteiger partial charge in [0.05, 0.1) is 5.60 Å². The molecule has 0 bridgehead atoms. The molecule has 0 N–H and O–H groups in total. The summed E-state index contributed by atoms with van der Waals surface area (Å²) in [5.74, 6) is 0.0863. The number of nitrogens with zero attached hydrogens (tertiary/aromatic N) is 1. The number of benzene rings is 1. The SMILES string of the molecule is Fc1ccccc1OC1CN([C@H]2CCOC3(CCOCC3)C2)C1. The minimum Gasteiger partial charge on any atom is -0.485 e. The Hall–Kier alpha value is -1.17. The van der Waals surface area contributed by atoms with Crippen LogP contribution in [0, 0.1) is 5.82 Å². The van der Waals surface area contributed by atoms with Crippen LogP contribution in [0.25, 0.3) is 0 Å². The van der Waals surface area contributed by atoms with E-state index in [-0.39, 0.29) is 17.5 Å². The van der Waals surface area contributed by atoms with Gasteiger partial charge >= 0.3 is 0 Å².